The molecule has 0 aromatic heterocycles. The number of hydrogen-bond acceptors (Lipinski definition) is 2. The summed E-state index contributed by atoms with van der Waals surface area (Å²) in [6, 6.07) is 5.14. The van der Waals surface area contributed by atoms with Crippen molar-refractivity contribution in [2.24, 2.45) is 5.90 Å². The molecular formula is C10H12F3NO. The number of hydrogen-bond donors (Lipinski definition) is 1. The van der Waals surface area contributed by atoms with Gasteiger partial charge in [-0.15, -0.1) is 0 Å². The summed E-state index contributed by atoms with van der Waals surface area (Å²) in [7, 11) is 0. The first-order valence-corrected chi connectivity index (χ1v) is 4.45. The van der Waals surface area contributed by atoms with Crippen molar-refractivity contribution >= 4 is 0 Å². The molecule has 15 heavy (non-hydrogen) atoms. The quantitative estimate of drug-likeness (QED) is 0.793. The zero-order valence-electron chi connectivity index (χ0n) is 8.21. The van der Waals surface area contributed by atoms with Crippen molar-refractivity contribution in [1.82, 2.24) is 0 Å². The average Bonchev–Trinajstić information content (AvgIpc) is 2.17. The van der Waals surface area contributed by atoms with Crippen LogP contribution in [0, 0.1) is 0 Å². The fraction of sp³-hybridized carbons (Fsp3) is 0.400. The Kier molecular flexibility index (Phi) is 3.71. The van der Waals surface area contributed by atoms with Crippen molar-refractivity contribution in [2.45, 2.75) is 25.6 Å². The van der Waals surface area contributed by atoms with Gasteiger partial charge in [-0.05, 0) is 18.6 Å². The summed E-state index contributed by atoms with van der Waals surface area (Å²) in [6.07, 6.45) is -4.24. The Labute approximate surface area is 85.8 Å². The van der Waals surface area contributed by atoms with E-state index in [1.165, 1.54) is 6.07 Å². The highest BCUT2D eigenvalue weighted by molar-refractivity contribution is 5.26. The second kappa shape index (κ2) is 4.63. The summed E-state index contributed by atoms with van der Waals surface area (Å²) in [5.74, 6) is 4.92. The van der Waals surface area contributed by atoms with Gasteiger partial charge in [-0.25, -0.2) is 5.90 Å². The first-order chi connectivity index (χ1) is 6.93. The topological polar surface area (TPSA) is 35.2 Å². The largest absolute Gasteiger partial charge is 0.416 e. The third-order valence-corrected chi connectivity index (χ3v) is 2.01. The average molecular weight is 219 g/mol. The van der Waals surface area contributed by atoms with E-state index in [0.717, 1.165) is 12.1 Å². The van der Waals surface area contributed by atoms with Crippen LogP contribution in [0.15, 0.2) is 24.3 Å². The van der Waals surface area contributed by atoms with Gasteiger partial charge in [-0.2, -0.15) is 13.2 Å². The molecule has 0 saturated carbocycles. The van der Waals surface area contributed by atoms with Crippen molar-refractivity contribution < 1.29 is 18.0 Å². The van der Waals surface area contributed by atoms with Crippen molar-refractivity contribution in [3.8, 4) is 0 Å². The molecule has 0 bridgehead atoms. The van der Waals surface area contributed by atoms with E-state index in [0.29, 0.717) is 12.0 Å². The van der Waals surface area contributed by atoms with Crippen LogP contribution in [0.25, 0.3) is 0 Å². The predicted octanol–water partition coefficient (Wildman–Crippen LogP) is 2.53. The lowest BCUT2D eigenvalue weighted by molar-refractivity contribution is -0.137. The molecule has 0 aliphatic carbocycles. The first kappa shape index (κ1) is 12.0. The van der Waals surface area contributed by atoms with Crippen molar-refractivity contribution in [2.75, 3.05) is 0 Å². The summed E-state index contributed by atoms with van der Waals surface area (Å²) >= 11 is 0. The summed E-state index contributed by atoms with van der Waals surface area (Å²) in [5.41, 5.74) is -0.0907. The van der Waals surface area contributed by atoms with E-state index in [-0.39, 0.29) is 6.10 Å². The van der Waals surface area contributed by atoms with E-state index in [4.69, 9.17) is 5.90 Å². The van der Waals surface area contributed by atoms with Crippen LogP contribution in [-0.4, -0.2) is 6.10 Å². The summed E-state index contributed by atoms with van der Waals surface area (Å²) in [4.78, 5) is 4.50. The van der Waals surface area contributed by atoms with Gasteiger partial charge >= 0.3 is 6.18 Å². The van der Waals surface area contributed by atoms with Gasteiger partial charge in [0.25, 0.3) is 0 Å². The predicted molar refractivity (Wildman–Crippen MR) is 49.9 cm³/mol. The Balaban J connectivity index is 2.84. The molecule has 1 rings (SSSR count). The lowest BCUT2D eigenvalue weighted by Crippen LogP contribution is -2.16. The molecule has 2 nitrogen and oxygen atoms in total. The lowest BCUT2D eigenvalue weighted by Gasteiger charge is -2.11. The molecule has 0 saturated heterocycles. The molecule has 0 aliphatic heterocycles. The van der Waals surface area contributed by atoms with Crippen LogP contribution >= 0.6 is 0 Å². The molecule has 2 N–H and O–H groups in total. The molecule has 1 aromatic rings. The Bertz CT molecular complexity index is 325. The summed E-state index contributed by atoms with van der Waals surface area (Å²) in [6.45, 7) is 1.69. The van der Waals surface area contributed by atoms with Crippen LogP contribution < -0.4 is 5.90 Å². The Morgan fingerprint density at radius 3 is 2.60 bits per heavy atom. The molecule has 5 heteroatoms. The fourth-order valence-corrected chi connectivity index (χ4v) is 1.25. The van der Waals surface area contributed by atoms with Crippen LogP contribution in [0.4, 0.5) is 13.2 Å². The fourth-order valence-electron chi connectivity index (χ4n) is 1.25. The van der Waals surface area contributed by atoms with E-state index in [9.17, 15) is 13.2 Å². The standard InChI is InChI=1S/C10H12F3NO/c1-7(15-14)5-8-3-2-4-9(6-8)10(11,12)13/h2-4,6-7H,5,14H2,1H3. The molecule has 0 spiro atoms. The van der Waals surface area contributed by atoms with E-state index in [1.807, 2.05) is 0 Å². The Morgan fingerprint density at radius 1 is 1.40 bits per heavy atom. The minimum absolute atomic E-state index is 0.298. The Hall–Kier alpha value is -1.07. The number of alkyl halides is 3. The second-order valence-electron chi connectivity index (χ2n) is 3.35. The van der Waals surface area contributed by atoms with Gasteiger partial charge < -0.3 is 4.84 Å². The highest BCUT2D eigenvalue weighted by Gasteiger charge is 2.30. The monoisotopic (exact) mass is 219 g/mol. The molecule has 1 atom stereocenters. The Morgan fingerprint density at radius 2 is 2.07 bits per heavy atom. The van der Waals surface area contributed by atoms with E-state index < -0.39 is 11.7 Å². The van der Waals surface area contributed by atoms with Crippen LogP contribution in [0.3, 0.4) is 0 Å². The highest BCUT2D eigenvalue weighted by atomic mass is 19.4. The number of nitrogens with two attached hydrogens (primary N) is 1. The van der Waals surface area contributed by atoms with Gasteiger partial charge in [0.2, 0.25) is 0 Å². The number of halogens is 3. The summed E-state index contributed by atoms with van der Waals surface area (Å²) < 4.78 is 37.0. The normalized spacial score (nSPS) is 13.9. The lowest BCUT2D eigenvalue weighted by atomic mass is 10.1. The van der Waals surface area contributed by atoms with Gasteiger partial charge in [-0.3, -0.25) is 0 Å². The van der Waals surface area contributed by atoms with E-state index >= 15 is 0 Å². The smallest absolute Gasteiger partial charge is 0.301 e. The highest BCUT2D eigenvalue weighted by Crippen LogP contribution is 2.29. The maximum Gasteiger partial charge on any atom is 0.416 e. The molecule has 0 amide bonds. The van der Waals surface area contributed by atoms with Gasteiger partial charge in [0.1, 0.15) is 0 Å². The van der Waals surface area contributed by atoms with Crippen LogP contribution in [0.5, 0.6) is 0 Å². The van der Waals surface area contributed by atoms with Crippen molar-refractivity contribution in [3.05, 3.63) is 35.4 Å². The molecule has 0 aliphatic rings. The van der Waals surface area contributed by atoms with Crippen LogP contribution in [0.1, 0.15) is 18.1 Å². The molecular weight excluding hydrogens is 207 g/mol. The third kappa shape index (κ3) is 3.53. The molecule has 1 aromatic carbocycles. The maximum atomic E-state index is 12.3. The first-order valence-electron chi connectivity index (χ1n) is 4.45. The molecule has 1 unspecified atom stereocenters. The molecule has 0 fully saturated rings. The number of benzene rings is 1. The van der Waals surface area contributed by atoms with E-state index in [2.05, 4.69) is 4.84 Å². The number of rotatable bonds is 3. The van der Waals surface area contributed by atoms with E-state index in [1.54, 1.807) is 13.0 Å². The van der Waals surface area contributed by atoms with Crippen molar-refractivity contribution in [1.29, 1.82) is 0 Å². The summed E-state index contributed by atoms with van der Waals surface area (Å²) in [5, 5.41) is 0. The second-order valence-corrected chi connectivity index (χ2v) is 3.35. The molecule has 0 radical (unpaired) electrons. The van der Waals surface area contributed by atoms with Crippen LogP contribution in [0.2, 0.25) is 0 Å². The molecule has 0 heterocycles. The minimum atomic E-state index is -4.30. The zero-order valence-corrected chi connectivity index (χ0v) is 8.21. The van der Waals surface area contributed by atoms with Gasteiger partial charge in [-0.1, -0.05) is 18.2 Å². The third-order valence-electron chi connectivity index (χ3n) is 2.01. The van der Waals surface area contributed by atoms with Crippen molar-refractivity contribution in [3.63, 3.8) is 0 Å². The van der Waals surface area contributed by atoms with Crippen LogP contribution in [-0.2, 0) is 17.4 Å². The van der Waals surface area contributed by atoms with Gasteiger partial charge in [0, 0.05) is 6.42 Å². The molecule has 84 valence electrons. The zero-order chi connectivity index (χ0) is 11.5. The van der Waals surface area contributed by atoms with Gasteiger partial charge in [0.05, 0.1) is 11.7 Å². The maximum absolute atomic E-state index is 12.3. The van der Waals surface area contributed by atoms with Gasteiger partial charge in [0.15, 0.2) is 0 Å². The SMILES string of the molecule is CC(Cc1cccc(C(F)(F)F)c1)ON. The minimum Gasteiger partial charge on any atom is -0.301 e.